The number of methoxy groups -OCH3 is 1. The number of amides is 3. The second kappa shape index (κ2) is 8.58. The molecule has 2 N–H and O–H groups in total. The molecule has 1 atom stereocenters. The topological polar surface area (TPSA) is 70.7 Å². The van der Waals surface area contributed by atoms with Crippen LogP contribution in [0.25, 0.3) is 11.1 Å². The Balaban J connectivity index is 1.60. The van der Waals surface area contributed by atoms with Crippen LogP contribution >= 0.6 is 0 Å². The van der Waals surface area contributed by atoms with Gasteiger partial charge in [-0.25, -0.2) is 4.79 Å². The SMILES string of the molecule is CCNC(=O)[C@@H]1CCN(C(=O)Nc2ccc(-c3cccc(OC)c3)cc2)C1. The van der Waals surface area contributed by atoms with Crippen LogP contribution in [0.4, 0.5) is 10.5 Å². The van der Waals surface area contributed by atoms with Gasteiger partial charge in [0.05, 0.1) is 13.0 Å². The molecule has 6 nitrogen and oxygen atoms in total. The molecule has 1 heterocycles. The first-order valence-corrected chi connectivity index (χ1v) is 9.19. The second-order valence-corrected chi connectivity index (χ2v) is 6.57. The maximum Gasteiger partial charge on any atom is 0.321 e. The number of carbonyl (C=O) groups excluding carboxylic acids is 2. The number of hydrogen-bond donors (Lipinski definition) is 2. The fourth-order valence-electron chi connectivity index (χ4n) is 3.23. The number of likely N-dealkylation sites (tertiary alicyclic amines) is 1. The number of anilines is 1. The summed E-state index contributed by atoms with van der Waals surface area (Å²) in [5, 5.41) is 5.73. The summed E-state index contributed by atoms with van der Waals surface area (Å²) < 4.78 is 5.26. The summed E-state index contributed by atoms with van der Waals surface area (Å²) in [6, 6.07) is 15.4. The van der Waals surface area contributed by atoms with Crippen LogP contribution in [-0.4, -0.2) is 43.6 Å². The van der Waals surface area contributed by atoms with E-state index in [2.05, 4.69) is 10.6 Å². The van der Waals surface area contributed by atoms with Crippen molar-refractivity contribution in [1.82, 2.24) is 10.2 Å². The zero-order valence-corrected chi connectivity index (χ0v) is 15.7. The normalized spacial score (nSPS) is 16.1. The Morgan fingerprint density at radius 3 is 2.63 bits per heavy atom. The van der Waals surface area contributed by atoms with Crippen molar-refractivity contribution in [3.8, 4) is 16.9 Å². The Labute approximate surface area is 159 Å². The van der Waals surface area contributed by atoms with E-state index in [1.807, 2.05) is 55.5 Å². The van der Waals surface area contributed by atoms with Gasteiger partial charge in [0.1, 0.15) is 5.75 Å². The van der Waals surface area contributed by atoms with E-state index in [1.165, 1.54) is 0 Å². The quantitative estimate of drug-likeness (QED) is 0.851. The zero-order chi connectivity index (χ0) is 19.2. The zero-order valence-electron chi connectivity index (χ0n) is 15.7. The summed E-state index contributed by atoms with van der Waals surface area (Å²) in [6.07, 6.45) is 0.702. The van der Waals surface area contributed by atoms with Crippen LogP contribution in [0.3, 0.4) is 0 Å². The van der Waals surface area contributed by atoms with Crippen LogP contribution in [0.15, 0.2) is 48.5 Å². The largest absolute Gasteiger partial charge is 0.497 e. The lowest BCUT2D eigenvalue weighted by Gasteiger charge is -2.17. The molecule has 1 aliphatic heterocycles. The average Bonchev–Trinajstić information content (AvgIpc) is 3.19. The number of carbonyl (C=O) groups is 2. The van der Waals surface area contributed by atoms with E-state index in [1.54, 1.807) is 12.0 Å². The van der Waals surface area contributed by atoms with Crippen molar-refractivity contribution in [1.29, 1.82) is 0 Å². The Hall–Kier alpha value is -3.02. The summed E-state index contributed by atoms with van der Waals surface area (Å²) in [4.78, 5) is 26.0. The molecule has 1 aliphatic rings. The van der Waals surface area contributed by atoms with Gasteiger partial charge < -0.3 is 20.3 Å². The van der Waals surface area contributed by atoms with Gasteiger partial charge in [-0.3, -0.25) is 4.79 Å². The van der Waals surface area contributed by atoms with Crippen molar-refractivity contribution in [2.75, 3.05) is 32.1 Å². The molecule has 0 aromatic heterocycles. The highest BCUT2D eigenvalue weighted by Gasteiger charge is 2.30. The first-order chi connectivity index (χ1) is 13.1. The van der Waals surface area contributed by atoms with E-state index in [0.29, 0.717) is 26.1 Å². The van der Waals surface area contributed by atoms with Crippen LogP contribution in [0.1, 0.15) is 13.3 Å². The molecule has 0 saturated carbocycles. The van der Waals surface area contributed by atoms with Gasteiger partial charge in [-0.05, 0) is 48.7 Å². The lowest BCUT2D eigenvalue weighted by atomic mass is 10.1. The molecule has 0 spiro atoms. The van der Waals surface area contributed by atoms with E-state index >= 15 is 0 Å². The molecule has 1 fully saturated rings. The van der Waals surface area contributed by atoms with Crippen molar-refractivity contribution in [2.45, 2.75) is 13.3 Å². The molecule has 27 heavy (non-hydrogen) atoms. The van der Waals surface area contributed by atoms with E-state index in [0.717, 1.165) is 22.6 Å². The molecule has 3 rings (SSSR count). The predicted octanol–water partition coefficient (Wildman–Crippen LogP) is 3.35. The minimum absolute atomic E-state index is 0.0236. The van der Waals surface area contributed by atoms with Crippen molar-refractivity contribution in [3.05, 3.63) is 48.5 Å². The number of hydrogen-bond acceptors (Lipinski definition) is 3. The van der Waals surface area contributed by atoms with Gasteiger partial charge in [-0.2, -0.15) is 0 Å². The third kappa shape index (κ3) is 4.58. The van der Waals surface area contributed by atoms with E-state index in [4.69, 9.17) is 4.74 Å². The molecule has 0 radical (unpaired) electrons. The van der Waals surface area contributed by atoms with Gasteiger partial charge in [0.15, 0.2) is 0 Å². The van der Waals surface area contributed by atoms with Gasteiger partial charge in [0, 0.05) is 25.3 Å². The van der Waals surface area contributed by atoms with Crippen LogP contribution in [0.5, 0.6) is 5.75 Å². The minimum Gasteiger partial charge on any atom is -0.497 e. The first-order valence-electron chi connectivity index (χ1n) is 9.19. The Kier molecular flexibility index (Phi) is 5.96. The summed E-state index contributed by atoms with van der Waals surface area (Å²) in [5.74, 6) is 0.710. The Morgan fingerprint density at radius 2 is 1.93 bits per heavy atom. The Morgan fingerprint density at radius 1 is 1.15 bits per heavy atom. The highest BCUT2D eigenvalue weighted by atomic mass is 16.5. The van der Waals surface area contributed by atoms with Crippen LogP contribution in [0.2, 0.25) is 0 Å². The molecule has 2 aromatic carbocycles. The fourth-order valence-corrected chi connectivity index (χ4v) is 3.23. The summed E-state index contributed by atoms with van der Waals surface area (Å²) >= 11 is 0. The molecule has 0 bridgehead atoms. The number of urea groups is 1. The average molecular weight is 367 g/mol. The highest BCUT2D eigenvalue weighted by Crippen LogP contribution is 2.25. The minimum atomic E-state index is -0.170. The molecule has 2 aromatic rings. The first kappa shape index (κ1) is 18.8. The smallest absolute Gasteiger partial charge is 0.321 e. The Bertz CT molecular complexity index is 805. The molecule has 3 amide bonds. The molecule has 6 heteroatoms. The van der Waals surface area contributed by atoms with Crippen LogP contribution in [-0.2, 0) is 4.79 Å². The third-order valence-corrected chi connectivity index (χ3v) is 4.74. The molecule has 1 saturated heterocycles. The predicted molar refractivity (Wildman–Crippen MR) is 106 cm³/mol. The lowest BCUT2D eigenvalue weighted by Crippen LogP contribution is -2.36. The number of rotatable bonds is 5. The monoisotopic (exact) mass is 367 g/mol. The molecule has 142 valence electrons. The number of ether oxygens (including phenoxy) is 1. The van der Waals surface area contributed by atoms with Gasteiger partial charge >= 0.3 is 6.03 Å². The van der Waals surface area contributed by atoms with Crippen molar-refractivity contribution in [2.24, 2.45) is 5.92 Å². The van der Waals surface area contributed by atoms with Crippen LogP contribution in [0, 0.1) is 5.92 Å². The van der Waals surface area contributed by atoms with Gasteiger partial charge in [0.25, 0.3) is 0 Å². The van der Waals surface area contributed by atoms with Crippen molar-refractivity contribution in [3.63, 3.8) is 0 Å². The summed E-state index contributed by atoms with van der Waals surface area (Å²) in [7, 11) is 1.65. The molecular weight excluding hydrogens is 342 g/mol. The standard InChI is InChI=1S/C21H25N3O3/c1-3-22-20(25)17-11-12-24(14-17)21(26)23-18-9-7-15(8-10-18)16-5-4-6-19(13-16)27-2/h4-10,13,17H,3,11-12,14H2,1-2H3,(H,22,25)(H,23,26)/t17-/m1/s1. The van der Waals surface area contributed by atoms with Crippen molar-refractivity contribution >= 4 is 17.6 Å². The summed E-state index contributed by atoms with van der Waals surface area (Å²) in [6.45, 7) is 3.56. The number of nitrogens with one attached hydrogen (secondary N) is 2. The van der Waals surface area contributed by atoms with Crippen molar-refractivity contribution < 1.29 is 14.3 Å². The third-order valence-electron chi connectivity index (χ3n) is 4.74. The van der Waals surface area contributed by atoms with E-state index in [-0.39, 0.29) is 17.9 Å². The van der Waals surface area contributed by atoms with Gasteiger partial charge in [-0.15, -0.1) is 0 Å². The lowest BCUT2D eigenvalue weighted by molar-refractivity contribution is -0.124. The maximum atomic E-state index is 12.4. The number of benzene rings is 2. The highest BCUT2D eigenvalue weighted by molar-refractivity contribution is 5.90. The maximum absolute atomic E-state index is 12.4. The van der Waals surface area contributed by atoms with E-state index < -0.39 is 0 Å². The van der Waals surface area contributed by atoms with E-state index in [9.17, 15) is 9.59 Å². The number of nitrogens with zero attached hydrogens (tertiary/aromatic N) is 1. The van der Waals surface area contributed by atoms with Crippen LogP contribution < -0.4 is 15.4 Å². The second-order valence-electron chi connectivity index (χ2n) is 6.57. The van der Waals surface area contributed by atoms with Gasteiger partial charge in [-0.1, -0.05) is 24.3 Å². The van der Waals surface area contributed by atoms with Gasteiger partial charge in [0.2, 0.25) is 5.91 Å². The molecule has 0 unspecified atom stereocenters. The molecular formula is C21H25N3O3. The summed E-state index contributed by atoms with van der Waals surface area (Å²) in [5.41, 5.74) is 2.83. The fraction of sp³-hybridized carbons (Fsp3) is 0.333. The molecule has 0 aliphatic carbocycles.